The van der Waals surface area contributed by atoms with Crippen molar-refractivity contribution in [3.05, 3.63) is 12.2 Å². The zero-order valence-electron chi connectivity index (χ0n) is 35.6. The molecule has 0 radical (unpaired) electrons. The van der Waals surface area contributed by atoms with E-state index in [1.807, 2.05) is 4.90 Å². The van der Waals surface area contributed by atoms with Crippen LogP contribution in [0.1, 0.15) is 181 Å². The van der Waals surface area contributed by atoms with Crippen LogP contribution in [0.25, 0.3) is 0 Å². The van der Waals surface area contributed by atoms with Gasteiger partial charge in [0.25, 0.3) is 0 Å². The molecule has 0 unspecified atom stereocenters. The molecule has 11 nitrogen and oxygen atoms in total. The van der Waals surface area contributed by atoms with E-state index < -0.39 is 11.4 Å². The fraction of sp³-hybridized carbons (Fsp3) is 0.889. The third-order valence-electron chi connectivity index (χ3n) is 13.2. The summed E-state index contributed by atoms with van der Waals surface area (Å²) in [5.41, 5.74) is 10.1. The Morgan fingerprint density at radius 2 is 1.52 bits per heavy atom. The molecule has 7 atom stereocenters. The predicted molar refractivity (Wildman–Crippen MR) is 224 cm³/mol. The van der Waals surface area contributed by atoms with Crippen molar-refractivity contribution < 1.29 is 28.4 Å². The number of carbonyl (C=O) groups is 2. The molecule has 11 heteroatoms. The second-order valence-electron chi connectivity index (χ2n) is 17.8. The van der Waals surface area contributed by atoms with Crippen LogP contribution in [-0.4, -0.2) is 95.8 Å². The van der Waals surface area contributed by atoms with Crippen LogP contribution < -0.4 is 22.1 Å². The minimum atomic E-state index is -0.753. The van der Waals surface area contributed by atoms with Crippen LogP contribution in [0.15, 0.2) is 12.2 Å². The van der Waals surface area contributed by atoms with Gasteiger partial charge in [-0.1, -0.05) is 89.7 Å². The van der Waals surface area contributed by atoms with E-state index in [9.17, 15) is 9.59 Å². The maximum Gasteiger partial charge on any atom is 0.350 e. The average Bonchev–Trinajstić information content (AvgIpc) is 3.49. The Hall–Kier alpha value is -2.21. The first-order chi connectivity index (χ1) is 27.3. The van der Waals surface area contributed by atoms with Gasteiger partial charge in [0.05, 0.1) is 30.9 Å². The molecule has 1 amide bonds. The summed E-state index contributed by atoms with van der Waals surface area (Å²) in [6.45, 7) is 7.72. The normalized spacial score (nSPS) is 29.5. The highest BCUT2D eigenvalue weighted by Gasteiger charge is 2.64. The first kappa shape index (κ1) is 44.9. The molecule has 0 bridgehead atoms. The van der Waals surface area contributed by atoms with Crippen molar-refractivity contribution in [2.24, 2.45) is 17.4 Å². The molecule has 56 heavy (non-hydrogen) atoms. The molecule has 5 aliphatic rings. The number of esters is 1. The van der Waals surface area contributed by atoms with Gasteiger partial charge in [0.2, 0.25) is 11.6 Å². The fourth-order valence-electron chi connectivity index (χ4n) is 10.2. The molecule has 5 aliphatic heterocycles. The van der Waals surface area contributed by atoms with E-state index in [4.69, 9.17) is 25.7 Å². The Kier molecular flexibility index (Phi) is 18.8. The van der Waals surface area contributed by atoms with Gasteiger partial charge in [0, 0.05) is 38.8 Å². The lowest BCUT2D eigenvalue weighted by atomic mass is 9.80. The number of rotatable bonds is 25. The summed E-state index contributed by atoms with van der Waals surface area (Å²) in [7, 11) is 0. The lowest BCUT2D eigenvalue weighted by Crippen LogP contribution is -2.76. The zero-order chi connectivity index (χ0) is 39.6. The van der Waals surface area contributed by atoms with Crippen LogP contribution >= 0.6 is 0 Å². The lowest BCUT2D eigenvalue weighted by Gasteiger charge is -2.50. The number of carbonyl (C=O) groups excluding carboxylic acids is 2. The molecule has 2 saturated heterocycles. The summed E-state index contributed by atoms with van der Waals surface area (Å²) >= 11 is 0. The van der Waals surface area contributed by atoms with Crippen molar-refractivity contribution in [2.45, 2.75) is 217 Å². The number of guanidine groups is 1. The number of nitrogens with zero attached hydrogens (tertiary/aromatic N) is 2. The molecule has 0 aromatic heterocycles. The number of ether oxygens (including phenoxy) is 3. The minimum Gasteiger partial charge on any atom is -0.465 e. The summed E-state index contributed by atoms with van der Waals surface area (Å²) in [6.07, 6.45) is 32.5. The average molecular weight is 786 g/mol. The number of hydrogen-bond acceptors (Lipinski definition) is 9. The van der Waals surface area contributed by atoms with Crippen LogP contribution in [0.4, 0.5) is 0 Å². The van der Waals surface area contributed by atoms with Gasteiger partial charge >= 0.3 is 11.9 Å². The number of nitrogens with two attached hydrogens (primary N) is 2. The first-order valence-corrected chi connectivity index (χ1v) is 23.4. The van der Waals surface area contributed by atoms with E-state index in [1.54, 1.807) is 0 Å². The number of hydrogen-bond donors (Lipinski definition) is 4. The summed E-state index contributed by atoms with van der Waals surface area (Å²) in [5.74, 6) is 0.839. The van der Waals surface area contributed by atoms with Gasteiger partial charge in [-0.3, -0.25) is 14.2 Å². The monoisotopic (exact) mass is 786 g/mol. The quantitative estimate of drug-likeness (QED) is 0.0329. The topological polar surface area (TPSA) is 144 Å². The summed E-state index contributed by atoms with van der Waals surface area (Å²) in [5, 5.41) is 7.68. The van der Waals surface area contributed by atoms with Crippen molar-refractivity contribution in [1.29, 1.82) is 0 Å². The molecular weight excluding hydrogens is 705 g/mol. The molecule has 2 fully saturated rings. The second kappa shape index (κ2) is 23.4. The van der Waals surface area contributed by atoms with Crippen LogP contribution in [0.2, 0.25) is 0 Å². The number of unbranched alkanes of at least 4 members (excludes halogenated alkanes) is 13. The summed E-state index contributed by atoms with van der Waals surface area (Å²) < 4.78 is 22.2. The van der Waals surface area contributed by atoms with Crippen molar-refractivity contribution in [2.75, 3.05) is 32.8 Å². The standard InChI is InChI=1S/C45H80N6O5/c1-3-38-24-16-17-28-44(56-38)35-37-26-27-39-41(45(29-21-23-36(2)55-45)49-43(48-44)51(37)39)42(53)54-34-20-14-12-10-8-6-4-5-7-9-11-13-15-25-40(52)50(33-22-31-47)32-19-18-30-46/h16,24,36-39,41H,3-15,17-23,25-35,46-47H2,1-2H3,(H,48,49)/p+1/t36-,37+,38+,39-,41-,44+,45-/m0/s1. The van der Waals surface area contributed by atoms with Gasteiger partial charge < -0.3 is 30.6 Å². The van der Waals surface area contributed by atoms with E-state index in [-0.39, 0.29) is 36.0 Å². The van der Waals surface area contributed by atoms with Crippen molar-refractivity contribution >= 4 is 17.8 Å². The maximum absolute atomic E-state index is 14.1. The van der Waals surface area contributed by atoms with Gasteiger partial charge in [-0.05, 0) is 90.6 Å². The fourth-order valence-corrected chi connectivity index (χ4v) is 10.2. The molecule has 320 valence electrons. The van der Waals surface area contributed by atoms with Gasteiger partial charge in [0.1, 0.15) is 0 Å². The number of amides is 1. The van der Waals surface area contributed by atoms with Gasteiger partial charge in [-0.2, -0.15) is 0 Å². The largest absolute Gasteiger partial charge is 0.465 e. The van der Waals surface area contributed by atoms with Crippen molar-refractivity contribution in [1.82, 2.24) is 15.5 Å². The SMILES string of the molecule is CC[C@@H]1C=CCC[C@]2(C[C@H]3CC[C@H]4[C@@H](C(=O)OCCCCCCCCCCCCCCCC(=O)N(CCCN)CCCCN)[C@@]5(CCC[C@H](C)O5)NC(=[N+]34)N2)O1. The number of nitrogens with one attached hydrogen (secondary N) is 2. The molecule has 2 spiro atoms. The van der Waals surface area contributed by atoms with Crippen LogP contribution in [0.5, 0.6) is 0 Å². The Morgan fingerprint density at radius 1 is 0.839 bits per heavy atom. The Morgan fingerprint density at radius 3 is 2.20 bits per heavy atom. The van der Waals surface area contributed by atoms with E-state index in [2.05, 4.69) is 41.2 Å². The highest BCUT2D eigenvalue weighted by molar-refractivity contribution is 5.82. The van der Waals surface area contributed by atoms with E-state index in [0.717, 1.165) is 122 Å². The van der Waals surface area contributed by atoms with Gasteiger partial charge in [-0.25, -0.2) is 10.6 Å². The summed E-state index contributed by atoms with van der Waals surface area (Å²) in [6, 6.07) is 0.405. The Balaban J connectivity index is 0.944. The molecule has 5 rings (SSSR count). The molecule has 0 aromatic rings. The lowest BCUT2D eigenvalue weighted by molar-refractivity contribution is -0.609. The van der Waals surface area contributed by atoms with E-state index >= 15 is 0 Å². The van der Waals surface area contributed by atoms with E-state index in [1.165, 1.54) is 57.8 Å². The van der Waals surface area contributed by atoms with Crippen LogP contribution in [0.3, 0.4) is 0 Å². The summed E-state index contributed by atoms with van der Waals surface area (Å²) in [4.78, 5) is 28.7. The number of allylic oxidation sites excluding steroid dienone is 1. The molecule has 5 heterocycles. The van der Waals surface area contributed by atoms with Gasteiger partial charge in [-0.15, -0.1) is 0 Å². The third kappa shape index (κ3) is 12.6. The highest BCUT2D eigenvalue weighted by Crippen LogP contribution is 2.45. The molecule has 0 saturated carbocycles. The van der Waals surface area contributed by atoms with Crippen molar-refractivity contribution in [3.8, 4) is 0 Å². The second-order valence-corrected chi connectivity index (χ2v) is 17.8. The Labute approximate surface area is 339 Å². The van der Waals surface area contributed by atoms with Gasteiger partial charge in [0.15, 0.2) is 11.6 Å². The minimum absolute atomic E-state index is 0.0697. The molecule has 0 aromatic carbocycles. The third-order valence-corrected chi connectivity index (χ3v) is 13.2. The molecular formula is C45H81N6O5+. The van der Waals surface area contributed by atoms with Crippen LogP contribution in [-0.2, 0) is 23.8 Å². The molecule has 0 aliphatic carbocycles. The van der Waals surface area contributed by atoms with Crippen LogP contribution in [0, 0.1) is 5.92 Å². The van der Waals surface area contributed by atoms with E-state index in [0.29, 0.717) is 32.2 Å². The first-order valence-electron chi connectivity index (χ1n) is 23.4. The predicted octanol–water partition coefficient (Wildman–Crippen LogP) is 7.15. The maximum atomic E-state index is 14.1. The molecule has 6 N–H and O–H groups in total. The Bertz CT molecular complexity index is 1260. The smallest absolute Gasteiger partial charge is 0.350 e. The highest BCUT2D eigenvalue weighted by atomic mass is 16.6. The van der Waals surface area contributed by atoms with Crippen molar-refractivity contribution in [3.63, 3.8) is 0 Å². The zero-order valence-corrected chi connectivity index (χ0v) is 35.6.